The molecule has 0 fully saturated rings. The number of hydrogen-bond donors (Lipinski definition) is 1. The van der Waals surface area contributed by atoms with Crippen molar-refractivity contribution >= 4 is 29.0 Å². The van der Waals surface area contributed by atoms with Crippen LogP contribution in [0.15, 0.2) is 76.7 Å². The minimum absolute atomic E-state index is 0.0698. The summed E-state index contributed by atoms with van der Waals surface area (Å²) in [6, 6.07) is 15.0. The Morgan fingerprint density at radius 1 is 1.13 bits per heavy atom. The Bertz CT molecular complexity index is 1180. The van der Waals surface area contributed by atoms with E-state index in [-0.39, 0.29) is 11.4 Å². The highest BCUT2D eigenvalue weighted by Crippen LogP contribution is 2.44. The van der Waals surface area contributed by atoms with E-state index < -0.39 is 23.1 Å². The standard InChI is InChI=1S/C24H21ClN2O4/c1-24(2,3)22(29)19-20(15-5-4-6-16(25)13-15)27(23(30)21(19)28)17-9-7-14(8-10-17)18-11-12-31-26-18/h4-13,20,28H,1-3H3. The monoisotopic (exact) mass is 436 g/mol. The van der Waals surface area contributed by atoms with Crippen molar-refractivity contribution in [1.29, 1.82) is 0 Å². The molecule has 6 nitrogen and oxygen atoms in total. The number of aliphatic hydroxyl groups is 1. The van der Waals surface area contributed by atoms with Crippen molar-refractivity contribution in [3.63, 3.8) is 0 Å². The Morgan fingerprint density at radius 2 is 1.84 bits per heavy atom. The molecule has 1 aromatic heterocycles. The van der Waals surface area contributed by atoms with Gasteiger partial charge in [0.15, 0.2) is 11.5 Å². The highest BCUT2D eigenvalue weighted by atomic mass is 35.5. The summed E-state index contributed by atoms with van der Waals surface area (Å²) in [5.41, 5.74) is 1.93. The molecule has 7 heteroatoms. The molecule has 31 heavy (non-hydrogen) atoms. The Labute approximate surface area is 184 Å². The fourth-order valence-electron chi connectivity index (χ4n) is 3.65. The lowest BCUT2D eigenvalue weighted by Crippen LogP contribution is -2.32. The van der Waals surface area contributed by atoms with Crippen LogP contribution in [0, 0.1) is 5.41 Å². The Hall–Kier alpha value is -3.38. The van der Waals surface area contributed by atoms with E-state index in [4.69, 9.17) is 16.1 Å². The van der Waals surface area contributed by atoms with E-state index in [0.29, 0.717) is 22.0 Å². The van der Waals surface area contributed by atoms with Crippen molar-refractivity contribution in [1.82, 2.24) is 5.16 Å². The van der Waals surface area contributed by atoms with Gasteiger partial charge in [0.05, 0.1) is 11.6 Å². The van der Waals surface area contributed by atoms with Crippen LogP contribution in [-0.4, -0.2) is 22.0 Å². The molecule has 0 saturated carbocycles. The number of aliphatic hydroxyl groups excluding tert-OH is 1. The SMILES string of the molecule is CC(C)(C)C(=O)C1=C(O)C(=O)N(c2ccc(-c3ccon3)cc2)C1c1cccc(Cl)c1. The number of carbonyl (C=O) groups is 2. The van der Waals surface area contributed by atoms with E-state index in [2.05, 4.69) is 5.16 Å². The summed E-state index contributed by atoms with van der Waals surface area (Å²) in [6.07, 6.45) is 1.48. The number of halogens is 1. The van der Waals surface area contributed by atoms with Gasteiger partial charge in [-0.05, 0) is 29.8 Å². The van der Waals surface area contributed by atoms with Gasteiger partial charge >= 0.3 is 0 Å². The van der Waals surface area contributed by atoms with E-state index in [1.807, 2.05) is 0 Å². The van der Waals surface area contributed by atoms with Crippen LogP contribution in [0.25, 0.3) is 11.3 Å². The second-order valence-electron chi connectivity index (χ2n) is 8.41. The number of Topliss-reactive ketones (excluding diaryl/α,β-unsaturated/α-hetero) is 1. The lowest BCUT2D eigenvalue weighted by atomic mass is 9.82. The van der Waals surface area contributed by atoms with Crippen LogP contribution in [0.3, 0.4) is 0 Å². The maximum Gasteiger partial charge on any atom is 0.294 e. The lowest BCUT2D eigenvalue weighted by molar-refractivity contribution is -0.123. The van der Waals surface area contributed by atoms with Crippen molar-refractivity contribution in [2.24, 2.45) is 5.41 Å². The largest absolute Gasteiger partial charge is 0.503 e. The third-order valence-electron chi connectivity index (χ3n) is 5.18. The van der Waals surface area contributed by atoms with Crippen LogP contribution in [0.2, 0.25) is 5.02 Å². The van der Waals surface area contributed by atoms with Gasteiger partial charge in [0.1, 0.15) is 12.0 Å². The summed E-state index contributed by atoms with van der Waals surface area (Å²) < 4.78 is 4.88. The average Bonchev–Trinajstić information content (AvgIpc) is 3.35. The number of hydrogen-bond acceptors (Lipinski definition) is 5. The summed E-state index contributed by atoms with van der Waals surface area (Å²) in [6.45, 7) is 5.26. The van der Waals surface area contributed by atoms with Crippen LogP contribution < -0.4 is 4.90 Å². The normalized spacial score (nSPS) is 16.8. The molecule has 2 heterocycles. The van der Waals surface area contributed by atoms with Crippen LogP contribution in [0.4, 0.5) is 5.69 Å². The molecular weight excluding hydrogens is 416 g/mol. The third kappa shape index (κ3) is 3.75. The Kier molecular flexibility index (Phi) is 5.19. The first-order valence-electron chi connectivity index (χ1n) is 9.76. The fraction of sp³-hybridized carbons (Fsp3) is 0.208. The van der Waals surface area contributed by atoms with Crippen molar-refractivity contribution in [3.05, 3.63) is 82.8 Å². The minimum atomic E-state index is -0.796. The first-order chi connectivity index (χ1) is 14.7. The number of amides is 1. The minimum Gasteiger partial charge on any atom is -0.503 e. The molecule has 1 amide bonds. The summed E-state index contributed by atoms with van der Waals surface area (Å²) in [5, 5.41) is 15.1. The molecular formula is C24H21ClN2O4. The molecule has 0 bridgehead atoms. The van der Waals surface area contributed by atoms with Crippen LogP contribution in [0.1, 0.15) is 32.4 Å². The van der Waals surface area contributed by atoms with Crippen LogP contribution in [-0.2, 0) is 9.59 Å². The van der Waals surface area contributed by atoms with Gasteiger partial charge in [-0.15, -0.1) is 0 Å². The predicted octanol–water partition coefficient (Wildman–Crippen LogP) is 5.51. The van der Waals surface area contributed by atoms with Crippen molar-refractivity contribution in [2.75, 3.05) is 4.90 Å². The van der Waals surface area contributed by atoms with Gasteiger partial charge in [0.25, 0.3) is 5.91 Å². The van der Waals surface area contributed by atoms with Gasteiger partial charge < -0.3 is 9.63 Å². The maximum absolute atomic E-state index is 13.2. The second-order valence-corrected chi connectivity index (χ2v) is 8.84. The zero-order chi connectivity index (χ0) is 22.3. The molecule has 1 aliphatic heterocycles. The third-order valence-corrected chi connectivity index (χ3v) is 5.41. The molecule has 1 unspecified atom stereocenters. The molecule has 2 aromatic carbocycles. The fourth-order valence-corrected chi connectivity index (χ4v) is 3.85. The van der Waals surface area contributed by atoms with Crippen molar-refractivity contribution < 1.29 is 19.2 Å². The number of rotatable bonds is 4. The zero-order valence-corrected chi connectivity index (χ0v) is 18.1. The molecule has 0 saturated heterocycles. The first-order valence-corrected chi connectivity index (χ1v) is 10.1. The molecule has 1 atom stereocenters. The number of ketones is 1. The molecule has 0 aliphatic carbocycles. The van der Waals surface area contributed by atoms with Crippen molar-refractivity contribution in [3.8, 4) is 11.3 Å². The highest BCUT2D eigenvalue weighted by Gasteiger charge is 2.46. The number of nitrogens with zero attached hydrogens (tertiary/aromatic N) is 2. The molecule has 0 radical (unpaired) electrons. The first kappa shape index (κ1) is 20.9. The maximum atomic E-state index is 13.2. The average molecular weight is 437 g/mol. The number of carbonyl (C=O) groups excluding carboxylic acids is 2. The van der Waals surface area contributed by atoms with Gasteiger partial charge in [-0.1, -0.05) is 61.8 Å². The van der Waals surface area contributed by atoms with Gasteiger partial charge in [0, 0.05) is 27.8 Å². The van der Waals surface area contributed by atoms with Gasteiger partial charge in [0.2, 0.25) is 0 Å². The summed E-state index contributed by atoms with van der Waals surface area (Å²) in [5.74, 6) is -1.47. The second kappa shape index (κ2) is 7.71. The van der Waals surface area contributed by atoms with E-state index >= 15 is 0 Å². The number of anilines is 1. The molecule has 1 aliphatic rings. The predicted molar refractivity (Wildman–Crippen MR) is 118 cm³/mol. The summed E-state index contributed by atoms with van der Waals surface area (Å²) in [7, 11) is 0. The van der Waals surface area contributed by atoms with E-state index in [1.165, 1.54) is 11.2 Å². The summed E-state index contributed by atoms with van der Waals surface area (Å²) in [4.78, 5) is 27.8. The topological polar surface area (TPSA) is 83.6 Å². The molecule has 3 aromatic rings. The molecule has 158 valence electrons. The smallest absolute Gasteiger partial charge is 0.294 e. The number of benzene rings is 2. The van der Waals surface area contributed by atoms with E-state index in [9.17, 15) is 14.7 Å². The van der Waals surface area contributed by atoms with Crippen molar-refractivity contribution in [2.45, 2.75) is 26.8 Å². The Balaban J connectivity index is 1.83. The summed E-state index contributed by atoms with van der Waals surface area (Å²) >= 11 is 6.20. The number of aromatic nitrogens is 1. The zero-order valence-electron chi connectivity index (χ0n) is 17.3. The van der Waals surface area contributed by atoms with Gasteiger partial charge in [-0.3, -0.25) is 14.5 Å². The van der Waals surface area contributed by atoms with Crippen LogP contribution >= 0.6 is 11.6 Å². The van der Waals surface area contributed by atoms with Gasteiger partial charge in [-0.2, -0.15) is 0 Å². The Morgan fingerprint density at radius 3 is 2.42 bits per heavy atom. The molecule has 1 N–H and O–H groups in total. The molecule has 4 rings (SSSR count). The quantitative estimate of drug-likeness (QED) is 0.583. The molecule has 0 spiro atoms. The van der Waals surface area contributed by atoms with E-state index in [0.717, 1.165) is 5.56 Å². The highest BCUT2D eigenvalue weighted by molar-refractivity contribution is 6.30. The van der Waals surface area contributed by atoms with Crippen LogP contribution in [0.5, 0.6) is 0 Å². The van der Waals surface area contributed by atoms with Gasteiger partial charge in [-0.25, -0.2) is 0 Å². The lowest BCUT2D eigenvalue weighted by Gasteiger charge is -2.29. The van der Waals surface area contributed by atoms with E-state index in [1.54, 1.807) is 75.4 Å².